The van der Waals surface area contributed by atoms with Crippen LogP contribution >= 0.6 is 11.3 Å². The number of anilines is 1. The Balaban J connectivity index is 2.25. The van der Waals surface area contributed by atoms with Crippen molar-refractivity contribution in [3.63, 3.8) is 0 Å². The lowest BCUT2D eigenvalue weighted by Gasteiger charge is -2.38. The summed E-state index contributed by atoms with van der Waals surface area (Å²) in [5.74, 6) is 1.14. The van der Waals surface area contributed by atoms with Crippen LogP contribution in [0.3, 0.4) is 0 Å². The van der Waals surface area contributed by atoms with Crippen molar-refractivity contribution in [2.75, 3.05) is 5.73 Å². The molecule has 84 valence electrons. The van der Waals surface area contributed by atoms with Crippen LogP contribution in [-0.2, 0) is 5.60 Å². The maximum Gasteiger partial charge on any atom is 0.180 e. The fourth-order valence-electron chi connectivity index (χ4n) is 2.79. The largest absolute Gasteiger partial charge is 0.384 e. The van der Waals surface area contributed by atoms with Crippen LogP contribution in [0.2, 0.25) is 0 Å². The zero-order chi connectivity index (χ0) is 11.1. The lowest BCUT2D eigenvalue weighted by molar-refractivity contribution is -0.0333. The van der Waals surface area contributed by atoms with E-state index in [9.17, 15) is 5.11 Å². The van der Waals surface area contributed by atoms with Crippen molar-refractivity contribution in [2.45, 2.75) is 38.7 Å². The second-order valence-electron chi connectivity index (χ2n) is 4.95. The molecule has 0 amide bonds. The molecule has 2 unspecified atom stereocenters. The number of aliphatic hydroxyl groups is 1. The van der Waals surface area contributed by atoms with E-state index in [0.717, 1.165) is 17.7 Å². The zero-order valence-corrected chi connectivity index (χ0v) is 10.0. The van der Waals surface area contributed by atoms with Crippen molar-refractivity contribution in [1.82, 2.24) is 4.98 Å². The maximum atomic E-state index is 10.6. The predicted octanol–water partition coefficient (Wildman–Crippen LogP) is 2.37. The highest BCUT2D eigenvalue weighted by Gasteiger charge is 2.38. The summed E-state index contributed by atoms with van der Waals surface area (Å²) in [5.41, 5.74) is 4.92. The van der Waals surface area contributed by atoms with E-state index in [1.165, 1.54) is 17.8 Å². The van der Waals surface area contributed by atoms with Crippen molar-refractivity contribution in [1.29, 1.82) is 0 Å². The molecular formula is C11H18N2OS. The molecule has 15 heavy (non-hydrogen) atoms. The minimum absolute atomic E-state index is 0.546. The van der Waals surface area contributed by atoms with Gasteiger partial charge in [0.2, 0.25) is 0 Å². The molecule has 2 rings (SSSR count). The second kappa shape index (κ2) is 3.76. The number of hydrogen-bond acceptors (Lipinski definition) is 4. The highest BCUT2D eigenvalue weighted by atomic mass is 32.1. The lowest BCUT2D eigenvalue weighted by atomic mass is 9.73. The minimum atomic E-state index is -0.688. The third kappa shape index (κ3) is 2.16. The van der Waals surface area contributed by atoms with E-state index in [2.05, 4.69) is 18.8 Å². The summed E-state index contributed by atoms with van der Waals surface area (Å²) in [6, 6.07) is 0. The van der Waals surface area contributed by atoms with Crippen molar-refractivity contribution in [3.8, 4) is 0 Å². The van der Waals surface area contributed by atoms with Crippen LogP contribution in [0.25, 0.3) is 0 Å². The van der Waals surface area contributed by atoms with E-state index < -0.39 is 5.60 Å². The van der Waals surface area contributed by atoms with E-state index in [1.54, 1.807) is 6.20 Å². The Kier molecular flexibility index (Phi) is 2.73. The Morgan fingerprint density at radius 3 is 2.53 bits per heavy atom. The van der Waals surface area contributed by atoms with Gasteiger partial charge in [0, 0.05) is 6.20 Å². The molecule has 0 radical (unpaired) electrons. The molecule has 4 heteroatoms. The standard InChI is InChI=1S/C11H18N2OS/c1-7-3-8(2)5-11(14,4-7)9-6-13-10(12)15-9/h6-8,14H,3-5H2,1-2H3,(H2,12,13). The van der Waals surface area contributed by atoms with Crippen LogP contribution in [0.15, 0.2) is 6.20 Å². The quantitative estimate of drug-likeness (QED) is 0.773. The van der Waals surface area contributed by atoms with Crippen LogP contribution < -0.4 is 5.73 Å². The average molecular weight is 226 g/mol. The molecule has 1 aliphatic rings. The normalized spacial score (nSPS) is 36.7. The Morgan fingerprint density at radius 1 is 1.47 bits per heavy atom. The van der Waals surface area contributed by atoms with Gasteiger partial charge in [0.1, 0.15) is 5.60 Å². The van der Waals surface area contributed by atoms with E-state index in [-0.39, 0.29) is 0 Å². The summed E-state index contributed by atoms with van der Waals surface area (Å²) in [4.78, 5) is 4.95. The van der Waals surface area contributed by atoms with Crippen LogP contribution in [0.5, 0.6) is 0 Å². The molecule has 0 aliphatic heterocycles. The zero-order valence-electron chi connectivity index (χ0n) is 9.23. The maximum absolute atomic E-state index is 10.6. The molecule has 1 saturated carbocycles. The highest BCUT2D eigenvalue weighted by Crippen LogP contribution is 2.44. The van der Waals surface area contributed by atoms with Gasteiger partial charge in [-0.05, 0) is 31.1 Å². The molecule has 1 heterocycles. The SMILES string of the molecule is CC1CC(C)CC(O)(c2cnc(N)s2)C1. The van der Waals surface area contributed by atoms with Crippen molar-refractivity contribution in [3.05, 3.63) is 11.1 Å². The van der Waals surface area contributed by atoms with Crippen LogP contribution in [-0.4, -0.2) is 10.1 Å². The van der Waals surface area contributed by atoms with E-state index >= 15 is 0 Å². The van der Waals surface area contributed by atoms with Crippen molar-refractivity contribution < 1.29 is 5.11 Å². The van der Waals surface area contributed by atoms with Gasteiger partial charge < -0.3 is 10.8 Å². The number of thiazole rings is 1. The van der Waals surface area contributed by atoms with Crippen LogP contribution in [0.1, 0.15) is 38.0 Å². The molecule has 0 bridgehead atoms. The molecule has 0 aromatic carbocycles. The van der Waals surface area contributed by atoms with Gasteiger partial charge in [-0.2, -0.15) is 0 Å². The highest BCUT2D eigenvalue weighted by molar-refractivity contribution is 7.15. The molecule has 1 aromatic heterocycles. The molecule has 3 N–H and O–H groups in total. The van der Waals surface area contributed by atoms with Crippen molar-refractivity contribution >= 4 is 16.5 Å². The van der Waals surface area contributed by atoms with Gasteiger partial charge in [0.05, 0.1) is 4.88 Å². The molecule has 1 aliphatic carbocycles. The smallest absolute Gasteiger partial charge is 0.180 e. The minimum Gasteiger partial charge on any atom is -0.384 e. The van der Waals surface area contributed by atoms with Gasteiger partial charge in [-0.25, -0.2) is 4.98 Å². The van der Waals surface area contributed by atoms with E-state index in [4.69, 9.17) is 5.73 Å². The Morgan fingerprint density at radius 2 is 2.07 bits per heavy atom. The second-order valence-corrected chi connectivity index (χ2v) is 6.01. The summed E-state index contributed by atoms with van der Waals surface area (Å²) in [5, 5.41) is 11.2. The molecule has 0 spiro atoms. The molecule has 0 saturated heterocycles. The number of aromatic nitrogens is 1. The van der Waals surface area contributed by atoms with Crippen molar-refractivity contribution in [2.24, 2.45) is 11.8 Å². The molecule has 1 aromatic rings. The first-order valence-corrected chi connectivity index (χ1v) is 6.25. The summed E-state index contributed by atoms with van der Waals surface area (Å²) in [6.45, 7) is 4.40. The fraction of sp³-hybridized carbons (Fsp3) is 0.727. The topological polar surface area (TPSA) is 59.1 Å². The van der Waals surface area contributed by atoms with Gasteiger partial charge >= 0.3 is 0 Å². The number of nitrogens with two attached hydrogens (primary N) is 1. The first kappa shape index (κ1) is 10.9. The fourth-order valence-corrected chi connectivity index (χ4v) is 3.59. The molecule has 1 fully saturated rings. The summed E-state index contributed by atoms with van der Waals surface area (Å²) in [6.07, 6.45) is 4.60. The monoisotopic (exact) mass is 226 g/mol. The van der Waals surface area contributed by atoms with Gasteiger partial charge in [0.15, 0.2) is 5.13 Å². The van der Waals surface area contributed by atoms with Gasteiger partial charge in [-0.1, -0.05) is 25.2 Å². The number of hydrogen-bond donors (Lipinski definition) is 2. The molecule has 3 nitrogen and oxygen atoms in total. The number of rotatable bonds is 1. The first-order valence-electron chi connectivity index (χ1n) is 5.44. The van der Waals surface area contributed by atoms with E-state index in [0.29, 0.717) is 17.0 Å². The Labute approximate surface area is 94.3 Å². The average Bonchev–Trinajstić information content (AvgIpc) is 2.49. The third-order valence-corrected chi connectivity index (χ3v) is 4.18. The number of nitrogen functional groups attached to an aromatic ring is 1. The number of nitrogens with zero attached hydrogens (tertiary/aromatic N) is 1. The lowest BCUT2D eigenvalue weighted by Crippen LogP contribution is -2.34. The predicted molar refractivity (Wildman–Crippen MR) is 62.6 cm³/mol. The third-order valence-electron chi connectivity index (χ3n) is 3.16. The molecule has 2 atom stereocenters. The van der Waals surface area contributed by atoms with Gasteiger partial charge in [0.25, 0.3) is 0 Å². The van der Waals surface area contributed by atoms with Gasteiger partial charge in [-0.3, -0.25) is 0 Å². The summed E-state index contributed by atoms with van der Waals surface area (Å²) in [7, 11) is 0. The summed E-state index contributed by atoms with van der Waals surface area (Å²) >= 11 is 1.41. The van der Waals surface area contributed by atoms with Gasteiger partial charge in [-0.15, -0.1) is 0 Å². The Bertz CT molecular complexity index is 340. The molecular weight excluding hydrogens is 208 g/mol. The van der Waals surface area contributed by atoms with Crippen LogP contribution in [0.4, 0.5) is 5.13 Å². The van der Waals surface area contributed by atoms with E-state index in [1.807, 2.05) is 0 Å². The van der Waals surface area contributed by atoms with Crippen LogP contribution in [0, 0.1) is 11.8 Å². The first-order chi connectivity index (χ1) is 6.99. The summed E-state index contributed by atoms with van der Waals surface area (Å²) < 4.78 is 0. The Hall–Kier alpha value is -0.610.